The number of thiazole rings is 1. The molecule has 2 aromatic carbocycles. The number of ether oxygens (including phenoxy) is 1. The van der Waals surface area contributed by atoms with Crippen LogP contribution in [-0.2, 0) is 5.75 Å². The van der Waals surface area contributed by atoms with Gasteiger partial charge >= 0.3 is 0 Å². The molecule has 0 unspecified atom stereocenters. The molecule has 3 nitrogen and oxygen atoms in total. The van der Waals surface area contributed by atoms with Crippen molar-refractivity contribution in [2.24, 2.45) is 0 Å². The molecule has 0 aliphatic carbocycles. The third-order valence-electron chi connectivity index (χ3n) is 3.31. The van der Waals surface area contributed by atoms with E-state index >= 15 is 0 Å². The maximum absolute atomic E-state index is 8.83. The first-order valence-electron chi connectivity index (χ1n) is 7.11. The maximum Gasteiger partial charge on any atom is 0.129 e. The van der Waals surface area contributed by atoms with Crippen molar-refractivity contribution in [3.8, 4) is 22.4 Å². The fourth-order valence-corrected chi connectivity index (χ4v) is 4.22. The van der Waals surface area contributed by atoms with Crippen LogP contribution >= 0.6 is 39.0 Å². The quantitative estimate of drug-likeness (QED) is 0.497. The fourth-order valence-electron chi connectivity index (χ4n) is 2.13. The molecule has 0 saturated carbocycles. The van der Waals surface area contributed by atoms with Gasteiger partial charge in [0.1, 0.15) is 10.8 Å². The van der Waals surface area contributed by atoms with E-state index in [1.165, 1.54) is 0 Å². The third-order valence-corrected chi connectivity index (χ3v) is 5.78. The average molecular weight is 417 g/mol. The Morgan fingerprint density at radius 3 is 2.75 bits per heavy atom. The molecule has 3 rings (SSSR count). The SMILES string of the molecule is COc1ccc(Br)cc1-c1nc(CSc2ccc(C#N)cc2)cs1. The van der Waals surface area contributed by atoms with Crippen molar-refractivity contribution in [1.82, 2.24) is 4.98 Å². The molecular formula is C18H13BrN2OS2. The van der Waals surface area contributed by atoms with E-state index in [0.29, 0.717) is 5.56 Å². The van der Waals surface area contributed by atoms with Crippen LogP contribution in [-0.4, -0.2) is 12.1 Å². The summed E-state index contributed by atoms with van der Waals surface area (Å²) in [5, 5.41) is 11.9. The van der Waals surface area contributed by atoms with E-state index in [-0.39, 0.29) is 0 Å². The molecule has 0 radical (unpaired) electrons. The van der Waals surface area contributed by atoms with Crippen LogP contribution in [0.5, 0.6) is 5.75 Å². The van der Waals surface area contributed by atoms with Crippen molar-refractivity contribution in [2.75, 3.05) is 7.11 Å². The first kappa shape index (κ1) is 17.0. The van der Waals surface area contributed by atoms with Gasteiger partial charge in [-0.1, -0.05) is 15.9 Å². The number of rotatable bonds is 5. The van der Waals surface area contributed by atoms with Gasteiger partial charge in [0.05, 0.1) is 30.0 Å². The molecule has 120 valence electrons. The zero-order valence-corrected chi connectivity index (χ0v) is 16.0. The van der Waals surface area contributed by atoms with Crippen LogP contribution < -0.4 is 4.74 Å². The molecule has 6 heteroatoms. The second-order valence-electron chi connectivity index (χ2n) is 4.91. The Kier molecular flexibility index (Phi) is 5.56. The Hall–Kier alpha value is -1.81. The number of aromatic nitrogens is 1. The van der Waals surface area contributed by atoms with Gasteiger partial charge in [0.15, 0.2) is 0 Å². The van der Waals surface area contributed by atoms with Gasteiger partial charge in [0.2, 0.25) is 0 Å². The minimum atomic E-state index is 0.678. The van der Waals surface area contributed by atoms with Crippen LogP contribution in [0.1, 0.15) is 11.3 Å². The van der Waals surface area contributed by atoms with Crippen LogP contribution in [0.3, 0.4) is 0 Å². The maximum atomic E-state index is 8.83. The molecule has 24 heavy (non-hydrogen) atoms. The Morgan fingerprint density at radius 2 is 2.04 bits per heavy atom. The van der Waals surface area contributed by atoms with Gasteiger partial charge < -0.3 is 4.74 Å². The summed E-state index contributed by atoms with van der Waals surface area (Å²) in [5.41, 5.74) is 2.70. The van der Waals surface area contributed by atoms with Crippen molar-refractivity contribution in [1.29, 1.82) is 5.26 Å². The van der Waals surface area contributed by atoms with Gasteiger partial charge in [-0.15, -0.1) is 23.1 Å². The van der Waals surface area contributed by atoms with Crippen molar-refractivity contribution in [2.45, 2.75) is 10.6 Å². The van der Waals surface area contributed by atoms with Gasteiger partial charge in [-0.05, 0) is 42.5 Å². The number of nitrogens with zero attached hydrogens (tertiary/aromatic N) is 2. The highest BCUT2D eigenvalue weighted by atomic mass is 79.9. The highest BCUT2D eigenvalue weighted by molar-refractivity contribution is 9.10. The summed E-state index contributed by atoms with van der Waals surface area (Å²) >= 11 is 6.82. The van der Waals surface area contributed by atoms with E-state index in [2.05, 4.69) is 27.4 Å². The zero-order valence-electron chi connectivity index (χ0n) is 12.8. The standard InChI is InChI=1S/C18H13BrN2OS2/c1-22-17-7-4-13(19)8-16(17)18-21-14(11-24-18)10-23-15-5-2-12(9-20)3-6-15/h2-8,11H,10H2,1H3. The smallest absolute Gasteiger partial charge is 0.129 e. The van der Waals surface area contributed by atoms with Crippen LogP contribution in [0.15, 0.2) is 57.2 Å². The number of methoxy groups -OCH3 is 1. The Labute approximate surface area is 157 Å². The minimum absolute atomic E-state index is 0.678. The summed E-state index contributed by atoms with van der Waals surface area (Å²) in [7, 11) is 1.67. The summed E-state index contributed by atoms with van der Waals surface area (Å²) in [6.45, 7) is 0. The van der Waals surface area contributed by atoms with Crippen LogP contribution in [0.2, 0.25) is 0 Å². The van der Waals surface area contributed by atoms with E-state index in [9.17, 15) is 0 Å². The van der Waals surface area contributed by atoms with E-state index < -0.39 is 0 Å². The number of thioether (sulfide) groups is 1. The summed E-state index contributed by atoms with van der Waals surface area (Å²) in [6.07, 6.45) is 0. The number of halogens is 1. The molecular weight excluding hydrogens is 404 g/mol. The van der Waals surface area contributed by atoms with E-state index in [0.717, 1.165) is 37.1 Å². The fraction of sp³-hybridized carbons (Fsp3) is 0.111. The lowest BCUT2D eigenvalue weighted by Crippen LogP contribution is -1.88. The normalized spacial score (nSPS) is 10.4. The van der Waals surface area contributed by atoms with Gasteiger partial charge in [-0.3, -0.25) is 0 Å². The molecule has 0 N–H and O–H groups in total. The molecule has 0 aliphatic heterocycles. The molecule has 1 heterocycles. The third kappa shape index (κ3) is 3.99. The van der Waals surface area contributed by atoms with Gasteiger partial charge in [0, 0.05) is 20.5 Å². The van der Waals surface area contributed by atoms with Gasteiger partial charge in [0.25, 0.3) is 0 Å². The number of hydrogen-bond donors (Lipinski definition) is 0. The molecule has 0 spiro atoms. The molecule has 3 aromatic rings. The van der Waals surface area contributed by atoms with Crippen LogP contribution in [0.25, 0.3) is 10.6 Å². The Balaban J connectivity index is 1.74. The van der Waals surface area contributed by atoms with E-state index in [1.807, 2.05) is 42.5 Å². The van der Waals surface area contributed by atoms with Gasteiger partial charge in [-0.2, -0.15) is 5.26 Å². The predicted octanol–water partition coefficient (Wildman–Crippen LogP) is 5.75. The lowest BCUT2D eigenvalue weighted by atomic mass is 10.2. The second kappa shape index (κ2) is 7.84. The Bertz CT molecular complexity index is 885. The lowest BCUT2D eigenvalue weighted by Gasteiger charge is -2.06. The highest BCUT2D eigenvalue weighted by Crippen LogP contribution is 2.35. The molecule has 0 bridgehead atoms. The summed E-state index contributed by atoms with van der Waals surface area (Å²) in [5.74, 6) is 1.61. The predicted molar refractivity (Wildman–Crippen MR) is 103 cm³/mol. The highest BCUT2D eigenvalue weighted by Gasteiger charge is 2.11. The number of hydrogen-bond acceptors (Lipinski definition) is 5. The molecule has 0 saturated heterocycles. The van der Waals surface area contributed by atoms with Crippen molar-refractivity contribution in [3.05, 3.63) is 63.6 Å². The van der Waals surface area contributed by atoms with E-state index in [4.69, 9.17) is 15.0 Å². The molecule has 0 amide bonds. The molecule has 0 atom stereocenters. The topological polar surface area (TPSA) is 45.9 Å². The second-order valence-corrected chi connectivity index (χ2v) is 7.74. The monoisotopic (exact) mass is 416 g/mol. The van der Waals surface area contributed by atoms with Crippen molar-refractivity contribution in [3.63, 3.8) is 0 Å². The van der Waals surface area contributed by atoms with Crippen molar-refractivity contribution >= 4 is 39.0 Å². The average Bonchev–Trinajstić information content (AvgIpc) is 3.09. The summed E-state index contributed by atoms with van der Waals surface area (Å²) < 4.78 is 6.43. The molecule has 0 aliphatic rings. The first-order chi connectivity index (χ1) is 11.7. The zero-order chi connectivity index (χ0) is 16.9. The van der Waals surface area contributed by atoms with E-state index in [1.54, 1.807) is 30.2 Å². The van der Waals surface area contributed by atoms with Crippen LogP contribution in [0.4, 0.5) is 0 Å². The van der Waals surface area contributed by atoms with Crippen LogP contribution in [0, 0.1) is 11.3 Å². The Morgan fingerprint density at radius 1 is 1.25 bits per heavy atom. The van der Waals surface area contributed by atoms with Gasteiger partial charge in [-0.25, -0.2) is 4.98 Å². The van der Waals surface area contributed by atoms with Crippen molar-refractivity contribution < 1.29 is 4.74 Å². The lowest BCUT2D eigenvalue weighted by molar-refractivity contribution is 0.416. The summed E-state index contributed by atoms with van der Waals surface area (Å²) in [4.78, 5) is 5.85. The minimum Gasteiger partial charge on any atom is -0.496 e. The summed E-state index contributed by atoms with van der Waals surface area (Å²) in [6, 6.07) is 15.6. The largest absolute Gasteiger partial charge is 0.496 e. The molecule has 1 aromatic heterocycles. The number of benzene rings is 2. The molecule has 0 fully saturated rings. The number of nitriles is 1. The first-order valence-corrected chi connectivity index (χ1v) is 9.76.